The Morgan fingerprint density at radius 2 is 1.74 bits per heavy atom. The Hall–Kier alpha value is -2.95. The van der Waals surface area contributed by atoms with E-state index in [4.69, 9.17) is 19.9 Å². The van der Waals surface area contributed by atoms with Gasteiger partial charge in [-0.3, -0.25) is 14.7 Å². The van der Waals surface area contributed by atoms with Gasteiger partial charge in [0.25, 0.3) is 0 Å². The summed E-state index contributed by atoms with van der Waals surface area (Å²) in [6.07, 6.45) is 5.42. The van der Waals surface area contributed by atoms with Crippen LogP contribution in [0.25, 0.3) is 11.4 Å². The number of rotatable bonds is 8. The smallest absolute Gasteiger partial charge is 0.318 e. The summed E-state index contributed by atoms with van der Waals surface area (Å²) in [6, 6.07) is 3.00. The molecule has 1 aliphatic rings. The van der Waals surface area contributed by atoms with Crippen LogP contribution in [0, 0.1) is 0 Å². The van der Waals surface area contributed by atoms with Crippen molar-refractivity contribution in [3.05, 3.63) is 12.1 Å². The number of ether oxygens (including phenoxy) is 3. The maximum Gasteiger partial charge on any atom is 0.318 e. The molecule has 3 rings (SSSR count). The fraction of sp³-hybridized carbons (Fsp3) is 0.500. The minimum absolute atomic E-state index is 0.00302. The van der Waals surface area contributed by atoms with Crippen LogP contribution >= 0.6 is 11.8 Å². The molecule has 0 aliphatic heterocycles. The number of imide groups is 1. The van der Waals surface area contributed by atoms with Crippen LogP contribution in [-0.4, -0.2) is 53.8 Å². The van der Waals surface area contributed by atoms with Crippen molar-refractivity contribution in [1.29, 1.82) is 0 Å². The van der Waals surface area contributed by atoms with E-state index in [2.05, 4.69) is 20.1 Å². The molecule has 10 nitrogen and oxygen atoms in total. The van der Waals surface area contributed by atoms with Crippen molar-refractivity contribution in [1.82, 2.24) is 20.1 Å². The molecule has 1 heterocycles. The summed E-state index contributed by atoms with van der Waals surface area (Å²) >= 11 is 1.22. The van der Waals surface area contributed by atoms with Crippen molar-refractivity contribution < 1.29 is 23.8 Å². The standard InChI is InChI=1S/C20H27N5O5S/c1-28-14-9-12(10-15(29-2)17(14)30-3)18-23-24-20(31-11-16(26)22-19(21)27)25(18)13-7-5-4-6-8-13/h9-10,13H,4-8,11H2,1-3H3,(H3,21,22,26,27). The summed E-state index contributed by atoms with van der Waals surface area (Å²) in [6.45, 7) is 0. The number of carbonyl (C=O) groups excluding carboxylic acids is 2. The average molecular weight is 450 g/mol. The number of urea groups is 1. The van der Waals surface area contributed by atoms with E-state index in [1.807, 2.05) is 12.1 Å². The first-order valence-corrected chi connectivity index (χ1v) is 10.9. The number of aromatic nitrogens is 3. The molecule has 2 aromatic rings. The van der Waals surface area contributed by atoms with Crippen LogP contribution in [0.15, 0.2) is 17.3 Å². The van der Waals surface area contributed by atoms with E-state index in [9.17, 15) is 9.59 Å². The molecule has 0 bridgehead atoms. The third kappa shape index (κ3) is 5.22. The molecule has 168 valence electrons. The molecular formula is C20H27N5O5S. The Kier molecular flexibility index (Phi) is 7.61. The molecule has 1 aromatic carbocycles. The first-order chi connectivity index (χ1) is 15.0. The molecule has 1 fully saturated rings. The molecule has 31 heavy (non-hydrogen) atoms. The highest BCUT2D eigenvalue weighted by Crippen LogP contribution is 2.42. The van der Waals surface area contributed by atoms with Gasteiger partial charge in [0.1, 0.15) is 0 Å². The Labute approximate surface area is 184 Å². The molecular weight excluding hydrogens is 422 g/mol. The van der Waals surface area contributed by atoms with Gasteiger partial charge in [0, 0.05) is 11.6 Å². The maximum atomic E-state index is 11.9. The Morgan fingerprint density at radius 1 is 1.10 bits per heavy atom. The lowest BCUT2D eigenvalue weighted by Crippen LogP contribution is -2.36. The van der Waals surface area contributed by atoms with Crippen LogP contribution in [0.1, 0.15) is 38.1 Å². The fourth-order valence-corrected chi connectivity index (χ4v) is 4.56. The molecule has 0 unspecified atom stereocenters. The second-order valence-corrected chi connectivity index (χ2v) is 8.03. The lowest BCUT2D eigenvalue weighted by molar-refractivity contribution is -0.117. The van der Waals surface area contributed by atoms with Crippen molar-refractivity contribution in [3.8, 4) is 28.6 Å². The van der Waals surface area contributed by atoms with Gasteiger partial charge < -0.3 is 19.9 Å². The quantitative estimate of drug-likeness (QED) is 0.588. The van der Waals surface area contributed by atoms with Gasteiger partial charge in [-0.25, -0.2) is 4.79 Å². The minimum Gasteiger partial charge on any atom is -0.493 e. The molecule has 11 heteroatoms. The molecule has 0 spiro atoms. The van der Waals surface area contributed by atoms with Crippen molar-refractivity contribution >= 4 is 23.7 Å². The number of hydrogen-bond acceptors (Lipinski definition) is 8. The number of hydrogen-bond donors (Lipinski definition) is 2. The number of benzene rings is 1. The van der Waals surface area contributed by atoms with E-state index in [0.29, 0.717) is 28.2 Å². The summed E-state index contributed by atoms with van der Waals surface area (Å²) in [5.74, 6) is 1.71. The summed E-state index contributed by atoms with van der Waals surface area (Å²) < 4.78 is 18.5. The van der Waals surface area contributed by atoms with Crippen LogP contribution < -0.4 is 25.3 Å². The fourth-order valence-electron chi connectivity index (χ4n) is 3.75. The first kappa shape index (κ1) is 22.7. The normalized spacial score (nSPS) is 14.2. The molecule has 1 aromatic heterocycles. The number of primary amides is 1. The second kappa shape index (κ2) is 10.4. The number of amides is 3. The first-order valence-electron chi connectivity index (χ1n) is 9.95. The predicted molar refractivity (Wildman–Crippen MR) is 116 cm³/mol. The number of nitrogens with two attached hydrogens (primary N) is 1. The molecule has 3 N–H and O–H groups in total. The zero-order valence-electron chi connectivity index (χ0n) is 17.8. The molecule has 0 radical (unpaired) electrons. The van der Waals surface area contributed by atoms with Crippen LogP contribution in [0.4, 0.5) is 4.79 Å². The highest BCUT2D eigenvalue weighted by atomic mass is 32.2. The average Bonchev–Trinajstić information content (AvgIpc) is 3.20. The zero-order chi connectivity index (χ0) is 22.4. The number of nitrogens with one attached hydrogen (secondary N) is 1. The SMILES string of the molecule is COc1cc(-c2nnc(SCC(=O)NC(N)=O)n2C2CCCCC2)cc(OC)c1OC. The van der Waals surface area contributed by atoms with Crippen LogP contribution in [-0.2, 0) is 4.79 Å². The zero-order valence-corrected chi connectivity index (χ0v) is 18.7. The monoisotopic (exact) mass is 449 g/mol. The summed E-state index contributed by atoms with van der Waals surface area (Å²) in [5.41, 5.74) is 5.79. The number of nitrogens with zero attached hydrogens (tertiary/aromatic N) is 3. The van der Waals surface area contributed by atoms with E-state index in [0.717, 1.165) is 31.2 Å². The third-order valence-electron chi connectivity index (χ3n) is 5.12. The van der Waals surface area contributed by atoms with Gasteiger partial charge in [-0.05, 0) is 25.0 Å². The van der Waals surface area contributed by atoms with E-state index in [1.165, 1.54) is 18.2 Å². The highest BCUT2D eigenvalue weighted by Gasteiger charge is 2.26. The van der Waals surface area contributed by atoms with Gasteiger partial charge in [0.2, 0.25) is 11.7 Å². The Balaban J connectivity index is 2.01. The van der Waals surface area contributed by atoms with Crippen molar-refractivity contribution in [2.75, 3.05) is 27.1 Å². The molecule has 3 amide bonds. The maximum absolute atomic E-state index is 11.9. The van der Waals surface area contributed by atoms with Gasteiger partial charge in [0.05, 0.1) is 27.1 Å². The highest BCUT2D eigenvalue weighted by molar-refractivity contribution is 7.99. The lowest BCUT2D eigenvalue weighted by atomic mass is 9.95. The molecule has 1 aliphatic carbocycles. The lowest BCUT2D eigenvalue weighted by Gasteiger charge is -2.26. The van der Waals surface area contributed by atoms with Gasteiger partial charge in [-0.1, -0.05) is 31.0 Å². The topological polar surface area (TPSA) is 131 Å². The van der Waals surface area contributed by atoms with Crippen molar-refractivity contribution in [2.24, 2.45) is 5.73 Å². The largest absolute Gasteiger partial charge is 0.493 e. The van der Waals surface area contributed by atoms with Gasteiger partial charge >= 0.3 is 6.03 Å². The molecule has 0 saturated heterocycles. The summed E-state index contributed by atoms with van der Waals surface area (Å²) in [4.78, 5) is 22.8. The van der Waals surface area contributed by atoms with Crippen molar-refractivity contribution in [3.63, 3.8) is 0 Å². The predicted octanol–water partition coefficient (Wildman–Crippen LogP) is 2.76. The van der Waals surface area contributed by atoms with Crippen LogP contribution in [0.3, 0.4) is 0 Å². The minimum atomic E-state index is -0.877. The van der Waals surface area contributed by atoms with Gasteiger partial charge in [0.15, 0.2) is 22.5 Å². The number of carbonyl (C=O) groups is 2. The molecule has 0 atom stereocenters. The Bertz CT molecular complexity index is 917. The van der Waals surface area contributed by atoms with E-state index >= 15 is 0 Å². The van der Waals surface area contributed by atoms with E-state index in [-0.39, 0.29) is 11.8 Å². The summed E-state index contributed by atoms with van der Waals surface area (Å²) in [5, 5.41) is 11.4. The third-order valence-corrected chi connectivity index (χ3v) is 6.07. The summed E-state index contributed by atoms with van der Waals surface area (Å²) in [7, 11) is 4.67. The Morgan fingerprint density at radius 3 is 2.29 bits per heavy atom. The van der Waals surface area contributed by atoms with Gasteiger partial charge in [-0.15, -0.1) is 10.2 Å². The van der Waals surface area contributed by atoms with Crippen LogP contribution in [0.5, 0.6) is 17.2 Å². The van der Waals surface area contributed by atoms with E-state index in [1.54, 1.807) is 21.3 Å². The van der Waals surface area contributed by atoms with Crippen LogP contribution in [0.2, 0.25) is 0 Å². The van der Waals surface area contributed by atoms with Crippen molar-refractivity contribution in [2.45, 2.75) is 43.3 Å². The number of methoxy groups -OCH3 is 3. The van der Waals surface area contributed by atoms with E-state index < -0.39 is 11.9 Å². The number of thioether (sulfide) groups is 1. The molecule has 1 saturated carbocycles. The van der Waals surface area contributed by atoms with Gasteiger partial charge in [-0.2, -0.15) is 0 Å². The second-order valence-electron chi connectivity index (χ2n) is 7.08.